The highest BCUT2D eigenvalue weighted by Gasteiger charge is 2.06. The van der Waals surface area contributed by atoms with Gasteiger partial charge in [-0.2, -0.15) is 0 Å². The van der Waals surface area contributed by atoms with E-state index >= 15 is 0 Å². The first-order valence-corrected chi connectivity index (χ1v) is 7.94. The predicted octanol–water partition coefficient (Wildman–Crippen LogP) is 3.87. The van der Waals surface area contributed by atoms with Gasteiger partial charge in [-0.15, -0.1) is 0 Å². The molecule has 0 saturated heterocycles. The van der Waals surface area contributed by atoms with Gasteiger partial charge in [-0.05, 0) is 38.1 Å². The van der Waals surface area contributed by atoms with Crippen LogP contribution in [0.3, 0.4) is 0 Å². The molecule has 0 aliphatic carbocycles. The summed E-state index contributed by atoms with van der Waals surface area (Å²) < 4.78 is 16.3. The predicted molar refractivity (Wildman–Crippen MR) is 97.2 cm³/mol. The Bertz CT molecular complexity index is 988. The molecule has 0 saturated carbocycles. The average molecular weight is 334 g/mol. The van der Waals surface area contributed by atoms with Crippen LogP contribution in [-0.4, -0.2) is 13.2 Å². The summed E-state index contributed by atoms with van der Waals surface area (Å²) in [5.74, 6) is 7.03. The maximum atomic E-state index is 11.6. The van der Waals surface area contributed by atoms with E-state index in [9.17, 15) is 4.79 Å². The highest BCUT2D eigenvalue weighted by Crippen LogP contribution is 2.24. The van der Waals surface area contributed by atoms with Crippen molar-refractivity contribution in [3.8, 4) is 23.3 Å². The van der Waals surface area contributed by atoms with E-state index in [1.807, 2.05) is 50.2 Å². The van der Waals surface area contributed by atoms with E-state index in [4.69, 9.17) is 13.9 Å². The van der Waals surface area contributed by atoms with Gasteiger partial charge >= 0.3 is 5.63 Å². The number of fused-ring (bicyclic) bond motifs is 1. The van der Waals surface area contributed by atoms with Gasteiger partial charge in [-0.25, -0.2) is 4.79 Å². The third kappa shape index (κ3) is 4.42. The Hall–Kier alpha value is -3.19. The van der Waals surface area contributed by atoms with Crippen LogP contribution in [0.5, 0.6) is 11.5 Å². The molecule has 0 spiro atoms. The Balaban J connectivity index is 1.61. The maximum absolute atomic E-state index is 11.6. The average Bonchev–Trinajstić information content (AvgIpc) is 2.60. The van der Waals surface area contributed by atoms with Gasteiger partial charge < -0.3 is 13.9 Å². The molecule has 0 atom stereocenters. The summed E-state index contributed by atoms with van der Waals surface area (Å²) >= 11 is 0. The number of aryl methyl sites for hydroxylation is 2. The second-order valence-corrected chi connectivity index (χ2v) is 5.67. The molecule has 0 aliphatic heterocycles. The first-order chi connectivity index (χ1) is 12.1. The summed E-state index contributed by atoms with van der Waals surface area (Å²) in [4.78, 5) is 11.6. The summed E-state index contributed by atoms with van der Waals surface area (Å²) in [7, 11) is 0. The molecule has 0 bridgehead atoms. The zero-order chi connectivity index (χ0) is 17.6. The van der Waals surface area contributed by atoms with Gasteiger partial charge in [0.1, 0.15) is 30.3 Å². The maximum Gasteiger partial charge on any atom is 0.339 e. The Labute approximate surface area is 146 Å². The topological polar surface area (TPSA) is 48.7 Å². The van der Waals surface area contributed by atoms with Crippen molar-refractivity contribution in [1.29, 1.82) is 0 Å². The molecule has 126 valence electrons. The van der Waals surface area contributed by atoms with Crippen LogP contribution >= 0.6 is 0 Å². The Morgan fingerprint density at radius 3 is 2.32 bits per heavy atom. The lowest BCUT2D eigenvalue weighted by molar-refractivity contribution is 0.362. The van der Waals surface area contributed by atoms with Crippen LogP contribution in [-0.2, 0) is 0 Å². The van der Waals surface area contributed by atoms with Gasteiger partial charge in [0.2, 0.25) is 0 Å². The second-order valence-electron chi connectivity index (χ2n) is 5.67. The summed E-state index contributed by atoms with van der Waals surface area (Å²) in [6, 6.07) is 14.7. The molecule has 3 aromatic rings. The third-order valence-corrected chi connectivity index (χ3v) is 3.62. The van der Waals surface area contributed by atoms with Crippen LogP contribution in [0, 0.1) is 25.7 Å². The molecule has 2 aromatic carbocycles. The molecule has 4 nitrogen and oxygen atoms in total. The van der Waals surface area contributed by atoms with Crippen molar-refractivity contribution in [3.05, 3.63) is 70.1 Å². The number of hydrogen-bond donors (Lipinski definition) is 0. The lowest BCUT2D eigenvalue weighted by Gasteiger charge is -2.06. The van der Waals surface area contributed by atoms with Gasteiger partial charge in [-0.3, -0.25) is 0 Å². The largest absolute Gasteiger partial charge is 0.481 e. The van der Waals surface area contributed by atoms with Crippen molar-refractivity contribution in [2.75, 3.05) is 13.2 Å². The Morgan fingerprint density at radius 2 is 1.56 bits per heavy atom. The smallest absolute Gasteiger partial charge is 0.339 e. The van der Waals surface area contributed by atoms with E-state index in [-0.39, 0.29) is 13.2 Å². The molecule has 3 rings (SSSR count). The van der Waals surface area contributed by atoms with Crippen LogP contribution in [0.15, 0.2) is 57.7 Å². The lowest BCUT2D eigenvalue weighted by Crippen LogP contribution is -2.02. The molecular formula is C21H18O4. The fourth-order valence-electron chi connectivity index (χ4n) is 2.34. The highest BCUT2D eigenvalue weighted by atomic mass is 16.5. The lowest BCUT2D eigenvalue weighted by atomic mass is 10.1. The second kappa shape index (κ2) is 7.59. The van der Waals surface area contributed by atoms with Crippen molar-refractivity contribution >= 4 is 11.0 Å². The number of benzene rings is 2. The van der Waals surface area contributed by atoms with Crippen LogP contribution in [0.4, 0.5) is 0 Å². The minimum Gasteiger partial charge on any atom is -0.481 e. The van der Waals surface area contributed by atoms with E-state index in [1.165, 1.54) is 11.6 Å². The van der Waals surface area contributed by atoms with Crippen LogP contribution < -0.4 is 15.1 Å². The summed E-state index contributed by atoms with van der Waals surface area (Å²) in [6.07, 6.45) is 0. The van der Waals surface area contributed by atoms with Gasteiger partial charge in [0.25, 0.3) is 0 Å². The molecule has 1 heterocycles. The Kier molecular flexibility index (Phi) is 5.06. The minimum atomic E-state index is -0.443. The quantitative estimate of drug-likeness (QED) is 0.537. The molecule has 25 heavy (non-hydrogen) atoms. The van der Waals surface area contributed by atoms with E-state index in [0.29, 0.717) is 11.3 Å². The van der Waals surface area contributed by atoms with E-state index in [2.05, 4.69) is 11.8 Å². The third-order valence-electron chi connectivity index (χ3n) is 3.62. The molecule has 1 aromatic heterocycles. The Morgan fingerprint density at radius 1 is 0.880 bits per heavy atom. The van der Waals surface area contributed by atoms with E-state index in [0.717, 1.165) is 16.7 Å². The van der Waals surface area contributed by atoms with Crippen molar-refractivity contribution in [1.82, 2.24) is 0 Å². The van der Waals surface area contributed by atoms with E-state index in [1.54, 1.807) is 6.07 Å². The van der Waals surface area contributed by atoms with Crippen LogP contribution in [0.1, 0.15) is 11.1 Å². The number of ether oxygens (including phenoxy) is 2. The van der Waals surface area contributed by atoms with Crippen molar-refractivity contribution in [3.63, 3.8) is 0 Å². The van der Waals surface area contributed by atoms with Crippen molar-refractivity contribution in [2.24, 2.45) is 0 Å². The standard InChI is InChI=1S/C21H18O4/c1-15-5-8-17(9-6-15)23-11-3-4-12-24-20-14-21(22)25-19-10-7-16(2)13-18(19)20/h5-10,13-14H,11-12H2,1-2H3. The molecule has 0 N–H and O–H groups in total. The van der Waals surface area contributed by atoms with Crippen molar-refractivity contribution < 1.29 is 13.9 Å². The summed E-state index contributed by atoms with van der Waals surface area (Å²) in [5.41, 5.74) is 2.30. The molecule has 0 radical (unpaired) electrons. The first kappa shape index (κ1) is 16.7. The normalized spacial score (nSPS) is 10.2. The van der Waals surface area contributed by atoms with Crippen LogP contribution in [0.2, 0.25) is 0 Å². The van der Waals surface area contributed by atoms with Gasteiger partial charge in [-0.1, -0.05) is 41.2 Å². The van der Waals surface area contributed by atoms with Gasteiger partial charge in [0.05, 0.1) is 11.5 Å². The van der Waals surface area contributed by atoms with Crippen molar-refractivity contribution in [2.45, 2.75) is 13.8 Å². The highest BCUT2D eigenvalue weighted by molar-refractivity contribution is 5.83. The zero-order valence-corrected chi connectivity index (χ0v) is 14.2. The SMILES string of the molecule is Cc1ccc(OCC#CCOc2cc(=O)oc3ccc(C)cc23)cc1. The van der Waals surface area contributed by atoms with E-state index < -0.39 is 5.63 Å². The van der Waals surface area contributed by atoms with Gasteiger partial charge in [0, 0.05) is 0 Å². The minimum absolute atomic E-state index is 0.170. The molecule has 4 heteroatoms. The molecule has 0 fully saturated rings. The van der Waals surface area contributed by atoms with Gasteiger partial charge in [0.15, 0.2) is 0 Å². The summed E-state index contributed by atoms with van der Waals surface area (Å²) in [5, 5.41) is 0.761. The zero-order valence-electron chi connectivity index (χ0n) is 14.2. The molecule has 0 amide bonds. The number of rotatable bonds is 4. The molecule has 0 unspecified atom stereocenters. The fraction of sp³-hybridized carbons (Fsp3) is 0.190. The molecular weight excluding hydrogens is 316 g/mol. The monoisotopic (exact) mass is 334 g/mol. The summed E-state index contributed by atoms with van der Waals surface area (Å²) in [6.45, 7) is 4.44. The van der Waals surface area contributed by atoms with Crippen LogP contribution in [0.25, 0.3) is 11.0 Å². The number of hydrogen-bond acceptors (Lipinski definition) is 4. The first-order valence-electron chi connectivity index (χ1n) is 7.94. The fourth-order valence-corrected chi connectivity index (χ4v) is 2.34. The molecule has 0 aliphatic rings.